The van der Waals surface area contributed by atoms with Crippen molar-refractivity contribution in [2.24, 2.45) is 0 Å². The van der Waals surface area contributed by atoms with Crippen molar-refractivity contribution in [3.63, 3.8) is 0 Å². The largest absolute Gasteiger partial charge is 0.486 e. The number of rotatable bonds is 6. The first kappa shape index (κ1) is 25.0. The number of urea groups is 1. The molecule has 182 valence electrons. The molecule has 3 aromatic carbocycles. The quantitative estimate of drug-likeness (QED) is 0.182. The molecule has 0 saturated carbocycles. The van der Waals surface area contributed by atoms with Gasteiger partial charge in [0, 0.05) is 12.1 Å². The molecule has 0 bridgehead atoms. The van der Waals surface area contributed by atoms with E-state index in [0.29, 0.717) is 20.5 Å². The maximum absolute atomic E-state index is 13.6. The zero-order valence-electron chi connectivity index (χ0n) is 18.0. The fourth-order valence-corrected chi connectivity index (χ4v) is 4.33. The van der Waals surface area contributed by atoms with Crippen LogP contribution in [-0.2, 0) is 16.2 Å². The summed E-state index contributed by atoms with van der Waals surface area (Å²) in [5, 5.41) is 13.0. The Morgan fingerprint density at radius 1 is 1.11 bits per heavy atom. The fraction of sp³-hybridized carbons (Fsp3) is 0.0417. The Morgan fingerprint density at radius 3 is 2.47 bits per heavy atom. The van der Waals surface area contributed by atoms with Gasteiger partial charge in [-0.15, -0.1) is 0 Å². The van der Waals surface area contributed by atoms with Gasteiger partial charge in [0.2, 0.25) is 0 Å². The van der Waals surface area contributed by atoms with Crippen LogP contribution in [0.15, 0.2) is 70.7 Å². The summed E-state index contributed by atoms with van der Waals surface area (Å²) in [4.78, 5) is 48.6. The summed E-state index contributed by atoms with van der Waals surface area (Å²) in [7, 11) is 0. The second-order valence-corrected chi connectivity index (χ2v) is 8.73. The standard InChI is InChI=1S/C24H14BrClFN3O6/c25-19-9-14(10-20(26)21(19)36-12-13-4-6-16(7-5-13)30(34)35)8-18-22(31)28-24(33)29(23(18)32)17-3-1-2-15(27)11-17/h1-11H,12H2,(H,28,31,33)/b18-8+. The number of carbonyl (C=O) groups is 3. The molecule has 1 saturated heterocycles. The van der Waals surface area contributed by atoms with E-state index in [2.05, 4.69) is 21.2 Å². The van der Waals surface area contributed by atoms with Crippen LogP contribution in [0.5, 0.6) is 5.75 Å². The molecule has 12 heteroatoms. The molecule has 1 aliphatic rings. The number of anilines is 1. The number of benzene rings is 3. The summed E-state index contributed by atoms with van der Waals surface area (Å²) in [6.45, 7) is 0.0718. The maximum Gasteiger partial charge on any atom is 0.335 e. The number of hydrogen-bond acceptors (Lipinski definition) is 6. The molecule has 1 aliphatic heterocycles. The lowest BCUT2D eigenvalue weighted by molar-refractivity contribution is -0.384. The lowest BCUT2D eigenvalue weighted by Gasteiger charge is -2.26. The van der Waals surface area contributed by atoms with E-state index in [1.54, 1.807) is 18.2 Å². The molecular weight excluding hydrogens is 561 g/mol. The van der Waals surface area contributed by atoms with E-state index in [9.17, 15) is 28.9 Å². The Hall–Kier alpha value is -4.09. The summed E-state index contributed by atoms with van der Waals surface area (Å²) in [5.41, 5.74) is 0.573. The number of amides is 4. The minimum Gasteiger partial charge on any atom is -0.486 e. The number of barbiturate groups is 1. The van der Waals surface area contributed by atoms with E-state index in [0.717, 1.165) is 12.1 Å². The van der Waals surface area contributed by atoms with Crippen molar-refractivity contribution in [3.8, 4) is 5.75 Å². The van der Waals surface area contributed by atoms with Crippen LogP contribution in [0.25, 0.3) is 6.08 Å². The van der Waals surface area contributed by atoms with Gasteiger partial charge in [0.25, 0.3) is 17.5 Å². The van der Waals surface area contributed by atoms with Gasteiger partial charge in [-0.2, -0.15) is 0 Å². The second kappa shape index (κ2) is 10.3. The number of hydrogen-bond donors (Lipinski definition) is 1. The monoisotopic (exact) mass is 573 g/mol. The normalized spacial score (nSPS) is 14.7. The van der Waals surface area contributed by atoms with E-state index in [-0.39, 0.29) is 34.3 Å². The van der Waals surface area contributed by atoms with E-state index in [1.165, 1.54) is 36.4 Å². The number of nitrogens with zero attached hydrogens (tertiary/aromatic N) is 2. The average Bonchev–Trinajstić information content (AvgIpc) is 2.81. The van der Waals surface area contributed by atoms with Crippen LogP contribution in [0.3, 0.4) is 0 Å². The molecule has 4 rings (SSSR count). The summed E-state index contributed by atoms with van der Waals surface area (Å²) >= 11 is 9.70. The highest BCUT2D eigenvalue weighted by Gasteiger charge is 2.37. The Balaban J connectivity index is 1.57. The first-order valence-corrected chi connectivity index (χ1v) is 11.3. The fourth-order valence-electron chi connectivity index (χ4n) is 3.34. The summed E-state index contributed by atoms with van der Waals surface area (Å²) in [6, 6.07) is 12.7. The topological polar surface area (TPSA) is 119 Å². The number of halogens is 3. The van der Waals surface area contributed by atoms with Gasteiger partial charge in [0.15, 0.2) is 5.75 Å². The van der Waals surface area contributed by atoms with Gasteiger partial charge < -0.3 is 4.74 Å². The van der Waals surface area contributed by atoms with E-state index >= 15 is 0 Å². The van der Waals surface area contributed by atoms with E-state index in [1.807, 2.05) is 0 Å². The van der Waals surface area contributed by atoms with Gasteiger partial charge in [-0.3, -0.25) is 25.0 Å². The van der Waals surface area contributed by atoms with Crippen molar-refractivity contribution in [1.29, 1.82) is 0 Å². The van der Waals surface area contributed by atoms with Crippen LogP contribution >= 0.6 is 27.5 Å². The number of carbonyl (C=O) groups excluding carboxylic acids is 3. The summed E-state index contributed by atoms with van der Waals surface area (Å²) in [6.07, 6.45) is 1.24. The third-order valence-corrected chi connectivity index (χ3v) is 5.90. The molecule has 0 aromatic heterocycles. The Labute approximate surface area is 216 Å². The van der Waals surface area contributed by atoms with Gasteiger partial charge in [0.05, 0.1) is 20.1 Å². The number of nitro groups is 1. The molecule has 0 unspecified atom stereocenters. The Kier molecular flexibility index (Phi) is 7.13. The number of imide groups is 2. The van der Waals surface area contributed by atoms with E-state index in [4.69, 9.17) is 16.3 Å². The van der Waals surface area contributed by atoms with Gasteiger partial charge in [0.1, 0.15) is 18.0 Å². The molecule has 0 radical (unpaired) electrons. The van der Waals surface area contributed by atoms with Gasteiger partial charge >= 0.3 is 6.03 Å². The van der Waals surface area contributed by atoms with Crippen LogP contribution in [0.1, 0.15) is 11.1 Å². The van der Waals surface area contributed by atoms with Gasteiger partial charge in [-0.25, -0.2) is 14.1 Å². The lowest BCUT2D eigenvalue weighted by atomic mass is 10.1. The average molecular weight is 575 g/mol. The Morgan fingerprint density at radius 2 is 1.83 bits per heavy atom. The van der Waals surface area contributed by atoms with E-state index < -0.39 is 28.6 Å². The van der Waals surface area contributed by atoms with Crippen molar-refractivity contribution in [3.05, 3.63) is 103 Å². The number of nitrogens with one attached hydrogen (secondary N) is 1. The zero-order chi connectivity index (χ0) is 26.0. The predicted molar refractivity (Wildman–Crippen MR) is 132 cm³/mol. The van der Waals surface area contributed by atoms with Crippen molar-refractivity contribution < 1.29 is 28.4 Å². The third kappa shape index (κ3) is 5.26. The SMILES string of the molecule is O=C1NC(=O)N(c2cccc(F)c2)C(=O)/C1=C/c1cc(Cl)c(OCc2ccc([N+](=O)[O-])cc2)c(Br)c1. The van der Waals surface area contributed by atoms with Gasteiger partial charge in [-0.1, -0.05) is 17.7 Å². The molecule has 0 spiro atoms. The molecule has 1 fully saturated rings. The first-order chi connectivity index (χ1) is 17.1. The predicted octanol–water partition coefficient (Wildman–Crippen LogP) is 5.40. The zero-order valence-corrected chi connectivity index (χ0v) is 20.4. The molecule has 1 heterocycles. The maximum atomic E-state index is 13.6. The second-order valence-electron chi connectivity index (χ2n) is 7.46. The number of non-ortho nitro benzene ring substituents is 1. The number of nitro benzene ring substituents is 1. The molecule has 3 aromatic rings. The molecule has 9 nitrogen and oxygen atoms in total. The van der Waals surface area contributed by atoms with Crippen LogP contribution in [0.2, 0.25) is 5.02 Å². The smallest absolute Gasteiger partial charge is 0.335 e. The van der Waals surface area contributed by atoms with Crippen LogP contribution < -0.4 is 15.0 Å². The van der Waals surface area contributed by atoms with Crippen LogP contribution in [0.4, 0.5) is 20.6 Å². The van der Waals surface area contributed by atoms with Crippen molar-refractivity contribution >= 4 is 62.8 Å². The molecular formula is C24H14BrClFN3O6. The highest BCUT2D eigenvalue weighted by atomic mass is 79.9. The lowest BCUT2D eigenvalue weighted by Crippen LogP contribution is -2.54. The van der Waals surface area contributed by atoms with Crippen LogP contribution in [-0.4, -0.2) is 22.8 Å². The van der Waals surface area contributed by atoms with Crippen molar-refractivity contribution in [2.75, 3.05) is 4.90 Å². The summed E-state index contributed by atoms with van der Waals surface area (Å²) < 4.78 is 19.8. The minimum atomic E-state index is -0.998. The van der Waals surface area contributed by atoms with Gasteiger partial charge in [-0.05, 0) is 75.6 Å². The molecule has 4 amide bonds. The highest BCUT2D eigenvalue weighted by Crippen LogP contribution is 2.36. The van der Waals surface area contributed by atoms with Crippen molar-refractivity contribution in [2.45, 2.75) is 6.61 Å². The molecule has 1 N–H and O–H groups in total. The Bertz CT molecular complexity index is 1420. The molecule has 0 atom stereocenters. The molecule has 36 heavy (non-hydrogen) atoms. The molecule has 0 aliphatic carbocycles. The minimum absolute atomic E-state index is 0.0369. The highest BCUT2D eigenvalue weighted by molar-refractivity contribution is 9.10. The number of ether oxygens (including phenoxy) is 1. The first-order valence-electron chi connectivity index (χ1n) is 10.2. The van der Waals surface area contributed by atoms with Crippen molar-refractivity contribution in [1.82, 2.24) is 5.32 Å². The summed E-state index contributed by atoms with van der Waals surface area (Å²) in [5.74, 6) is -2.23. The third-order valence-electron chi connectivity index (χ3n) is 5.03. The van der Waals surface area contributed by atoms with Crippen LogP contribution in [0, 0.1) is 15.9 Å².